The Morgan fingerprint density at radius 3 is 2.75 bits per heavy atom. The van der Waals surface area contributed by atoms with Crippen molar-refractivity contribution in [3.8, 4) is 5.75 Å². The minimum atomic E-state index is -0.0743. The summed E-state index contributed by atoms with van der Waals surface area (Å²) in [6.45, 7) is 2.02. The Morgan fingerprint density at radius 1 is 1.15 bits per heavy atom. The van der Waals surface area contributed by atoms with E-state index in [2.05, 4.69) is 5.32 Å². The molecule has 0 bridgehead atoms. The van der Waals surface area contributed by atoms with E-state index in [9.17, 15) is 4.79 Å². The molecular weight excluding hydrogens is 250 g/mol. The van der Waals surface area contributed by atoms with Crippen molar-refractivity contribution in [3.63, 3.8) is 0 Å². The Labute approximate surface area is 117 Å². The van der Waals surface area contributed by atoms with Crippen molar-refractivity contribution in [1.29, 1.82) is 0 Å². The van der Waals surface area contributed by atoms with Crippen LogP contribution >= 0.6 is 0 Å². The number of nitrogens with one attached hydrogen (secondary N) is 1. The van der Waals surface area contributed by atoms with E-state index in [0.29, 0.717) is 5.57 Å². The van der Waals surface area contributed by atoms with E-state index in [-0.39, 0.29) is 5.91 Å². The molecule has 0 spiro atoms. The maximum absolute atomic E-state index is 12.1. The van der Waals surface area contributed by atoms with Gasteiger partial charge in [-0.05, 0) is 31.2 Å². The molecule has 0 radical (unpaired) electrons. The van der Waals surface area contributed by atoms with Crippen LogP contribution in [0.15, 0.2) is 42.5 Å². The second-order valence-electron chi connectivity index (χ2n) is 4.80. The molecule has 2 aromatic rings. The highest BCUT2D eigenvalue weighted by atomic mass is 16.5. The number of amides is 1. The molecule has 0 fully saturated rings. The first-order valence-electron chi connectivity index (χ1n) is 6.46. The molecule has 20 heavy (non-hydrogen) atoms. The lowest BCUT2D eigenvalue weighted by Crippen LogP contribution is -2.03. The summed E-state index contributed by atoms with van der Waals surface area (Å²) in [5.41, 5.74) is 4.50. The number of para-hydroxylation sites is 1. The molecule has 3 rings (SSSR count). The highest BCUT2D eigenvalue weighted by molar-refractivity contribution is 6.35. The highest BCUT2D eigenvalue weighted by Crippen LogP contribution is 2.34. The van der Waals surface area contributed by atoms with Crippen molar-refractivity contribution in [1.82, 2.24) is 0 Å². The average molecular weight is 265 g/mol. The van der Waals surface area contributed by atoms with Crippen molar-refractivity contribution < 1.29 is 9.53 Å². The van der Waals surface area contributed by atoms with Crippen LogP contribution in [0.4, 0.5) is 5.69 Å². The molecule has 0 aromatic heterocycles. The Hall–Kier alpha value is -2.55. The van der Waals surface area contributed by atoms with E-state index < -0.39 is 0 Å². The van der Waals surface area contributed by atoms with E-state index in [0.717, 1.165) is 28.1 Å². The zero-order valence-electron chi connectivity index (χ0n) is 11.4. The summed E-state index contributed by atoms with van der Waals surface area (Å²) < 4.78 is 5.36. The fourth-order valence-electron chi connectivity index (χ4n) is 2.40. The summed E-state index contributed by atoms with van der Waals surface area (Å²) in [5.74, 6) is 0.690. The van der Waals surface area contributed by atoms with Crippen LogP contribution < -0.4 is 10.1 Å². The standard InChI is InChI=1S/C17H15NO2/c1-11-7-8-16(20-2)12(9-11)10-14-13-5-3-4-6-15(13)18-17(14)19/h3-10H,1-2H3,(H,18,19)/b14-10+. The lowest BCUT2D eigenvalue weighted by Gasteiger charge is -2.06. The van der Waals surface area contributed by atoms with Gasteiger partial charge in [-0.1, -0.05) is 29.8 Å². The molecule has 0 aliphatic carbocycles. The summed E-state index contributed by atoms with van der Waals surface area (Å²) in [6, 6.07) is 13.6. The van der Waals surface area contributed by atoms with Crippen LogP contribution in [0.2, 0.25) is 0 Å². The second kappa shape index (κ2) is 4.85. The molecular formula is C17H15NO2. The van der Waals surface area contributed by atoms with Crippen molar-refractivity contribution in [2.24, 2.45) is 0 Å². The summed E-state index contributed by atoms with van der Waals surface area (Å²) in [7, 11) is 1.63. The molecule has 1 N–H and O–H groups in total. The number of carbonyl (C=O) groups is 1. The quantitative estimate of drug-likeness (QED) is 0.844. The Balaban J connectivity index is 2.13. The number of carbonyl (C=O) groups excluding carboxylic acids is 1. The van der Waals surface area contributed by atoms with E-state index in [1.165, 1.54) is 0 Å². The first kappa shape index (κ1) is 12.5. The number of hydrogen-bond donors (Lipinski definition) is 1. The Bertz CT molecular complexity index is 717. The van der Waals surface area contributed by atoms with E-state index in [1.807, 2.05) is 55.5 Å². The summed E-state index contributed by atoms with van der Waals surface area (Å²) in [4.78, 5) is 12.1. The lowest BCUT2D eigenvalue weighted by atomic mass is 10.0. The Kier molecular flexibility index (Phi) is 3.03. The zero-order valence-corrected chi connectivity index (χ0v) is 11.4. The third-order valence-corrected chi connectivity index (χ3v) is 3.40. The third kappa shape index (κ3) is 2.07. The van der Waals surface area contributed by atoms with Crippen LogP contribution in [0, 0.1) is 6.92 Å². The van der Waals surface area contributed by atoms with Crippen LogP contribution in [0.3, 0.4) is 0 Å². The van der Waals surface area contributed by atoms with Crippen molar-refractivity contribution in [3.05, 3.63) is 59.2 Å². The number of hydrogen-bond acceptors (Lipinski definition) is 2. The van der Waals surface area contributed by atoms with Gasteiger partial charge in [0.25, 0.3) is 5.91 Å². The highest BCUT2D eigenvalue weighted by Gasteiger charge is 2.23. The molecule has 1 heterocycles. The summed E-state index contributed by atoms with van der Waals surface area (Å²) in [5, 5.41) is 2.87. The second-order valence-corrected chi connectivity index (χ2v) is 4.80. The van der Waals surface area contributed by atoms with Gasteiger partial charge in [-0.2, -0.15) is 0 Å². The van der Waals surface area contributed by atoms with Crippen LogP contribution in [0.25, 0.3) is 11.6 Å². The normalized spacial score (nSPS) is 15.1. The van der Waals surface area contributed by atoms with Gasteiger partial charge in [0.05, 0.1) is 7.11 Å². The Morgan fingerprint density at radius 2 is 1.95 bits per heavy atom. The fraction of sp³-hybridized carbons (Fsp3) is 0.118. The van der Waals surface area contributed by atoms with Gasteiger partial charge in [-0.3, -0.25) is 4.79 Å². The molecule has 0 atom stereocenters. The third-order valence-electron chi connectivity index (χ3n) is 3.40. The summed E-state index contributed by atoms with van der Waals surface area (Å²) >= 11 is 0. The molecule has 2 aromatic carbocycles. The molecule has 0 saturated heterocycles. The number of ether oxygens (including phenoxy) is 1. The van der Waals surface area contributed by atoms with E-state index in [1.54, 1.807) is 7.11 Å². The molecule has 1 aliphatic heterocycles. The largest absolute Gasteiger partial charge is 0.496 e. The molecule has 0 saturated carbocycles. The summed E-state index contributed by atoms with van der Waals surface area (Å²) in [6.07, 6.45) is 1.88. The number of anilines is 1. The maximum atomic E-state index is 12.1. The van der Waals surface area contributed by atoms with Crippen molar-refractivity contribution in [2.75, 3.05) is 12.4 Å². The zero-order chi connectivity index (χ0) is 14.1. The van der Waals surface area contributed by atoms with Gasteiger partial charge in [0.15, 0.2) is 0 Å². The number of aryl methyl sites for hydroxylation is 1. The predicted octanol–water partition coefficient (Wildman–Crippen LogP) is 3.50. The van der Waals surface area contributed by atoms with Crippen LogP contribution in [-0.2, 0) is 4.79 Å². The SMILES string of the molecule is COc1ccc(C)cc1/C=C1/C(=O)Nc2ccccc21. The topological polar surface area (TPSA) is 38.3 Å². The van der Waals surface area contributed by atoms with Crippen molar-refractivity contribution >= 4 is 23.2 Å². The molecule has 3 nitrogen and oxygen atoms in total. The van der Waals surface area contributed by atoms with Gasteiger partial charge in [-0.15, -0.1) is 0 Å². The van der Waals surface area contributed by atoms with Crippen LogP contribution in [-0.4, -0.2) is 13.0 Å². The molecule has 1 aliphatic rings. The molecule has 3 heteroatoms. The van der Waals surface area contributed by atoms with Crippen molar-refractivity contribution in [2.45, 2.75) is 6.92 Å². The minimum absolute atomic E-state index is 0.0743. The van der Waals surface area contributed by atoms with E-state index in [4.69, 9.17) is 4.74 Å². The molecule has 100 valence electrons. The molecule has 1 amide bonds. The van der Waals surface area contributed by atoms with Gasteiger partial charge >= 0.3 is 0 Å². The van der Waals surface area contributed by atoms with Gasteiger partial charge in [0, 0.05) is 22.4 Å². The predicted molar refractivity (Wildman–Crippen MR) is 80.7 cm³/mol. The average Bonchev–Trinajstić information content (AvgIpc) is 2.76. The minimum Gasteiger partial charge on any atom is -0.496 e. The van der Waals surface area contributed by atoms with Gasteiger partial charge in [0.1, 0.15) is 5.75 Å². The van der Waals surface area contributed by atoms with Gasteiger partial charge in [-0.25, -0.2) is 0 Å². The monoisotopic (exact) mass is 265 g/mol. The van der Waals surface area contributed by atoms with E-state index >= 15 is 0 Å². The number of methoxy groups -OCH3 is 1. The lowest BCUT2D eigenvalue weighted by molar-refractivity contribution is -0.110. The number of benzene rings is 2. The van der Waals surface area contributed by atoms with Gasteiger partial charge in [0.2, 0.25) is 0 Å². The molecule has 0 unspecified atom stereocenters. The number of rotatable bonds is 2. The fourth-order valence-corrected chi connectivity index (χ4v) is 2.40. The smallest absolute Gasteiger partial charge is 0.256 e. The van der Waals surface area contributed by atoms with Gasteiger partial charge < -0.3 is 10.1 Å². The van der Waals surface area contributed by atoms with Crippen LogP contribution in [0.1, 0.15) is 16.7 Å². The number of fused-ring (bicyclic) bond motifs is 1. The first-order chi connectivity index (χ1) is 9.69. The first-order valence-corrected chi connectivity index (χ1v) is 6.46. The maximum Gasteiger partial charge on any atom is 0.256 e. The van der Waals surface area contributed by atoms with Crippen LogP contribution in [0.5, 0.6) is 5.75 Å².